The minimum absolute atomic E-state index is 0.152. The van der Waals surface area contributed by atoms with Gasteiger partial charge in [-0.05, 0) is 55.0 Å². The fraction of sp³-hybridized carbons (Fsp3) is 0.575. The SMILES string of the molecule is CCCCCCCC(=O)OC1=CC(F)(c2ccccc2-c2cccc(OC(OCCCCC)[C@H](CC)OCCCCC)c2)CC=C1. The Morgan fingerprint density at radius 3 is 2.26 bits per heavy atom. The van der Waals surface area contributed by atoms with Crippen LogP contribution in [0.1, 0.15) is 123 Å². The van der Waals surface area contributed by atoms with E-state index in [1.807, 2.05) is 48.5 Å². The lowest BCUT2D eigenvalue weighted by Gasteiger charge is -2.28. The predicted molar refractivity (Wildman–Crippen MR) is 185 cm³/mol. The van der Waals surface area contributed by atoms with Crippen LogP contribution in [0.25, 0.3) is 11.1 Å². The number of hydrogen-bond donors (Lipinski definition) is 0. The Morgan fingerprint density at radius 2 is 1.52 bits per heavy atom. The molecule has 2 aromatic carbocycles. The molecule has 2 aromatic rings. The Labute approximate surface area is 277 Å². The molecule has 0 bridgehead atoms. The number of alkyl halides is 1. The summed E-state index contributed by atoms with van der Waals surface area (Å²) in [6.07, 6.45) is 17.1. The molecule has 0 amide bonds. The molecule has 254 valence electrons. The van der Waals surface area contributed by atoms with Crippen molar-refractivity contribution in [3.63, 3.8) is 0 Å². The number of rotatable bonds is 23. The molecule has 0 N–H and O–H groups in total. The van der Waals surface area contributed by atoms with Crippen molar-refractivity contribution >= 4 is 5.97 Å². The fourth-order valence-corrected chi connectivity index (χ4v) is 5.70. The van der Waals surface area contributed by atoms with Gasteiger partial charge in [-0.25, -0.2) is 4.39 Å². The molecule has 0 saturated heterocycles. The molecule has 0 fully saturated rings. The molecule has 46 heavy (non-hydrogen) atoms. The highest BCUT2D eigenvalue weighted by atomic mass is 19.1. The molecule has 1 aliphatic carbocycles. The quantitative estimate of drug-likeness (QED) is 0.0690. The second-order valence-corrected chi connectivity index (χ2v) is 12.3. The van der Waals surface area contributed by atoms with E-state index in [-0.39, 0.29) is 24.3 Å². The molecule has 0 spiro atoms. The molecular weight excluding hydrogens is 579 g/mol. The van der Waals surface area contributed by atoms with Crippen LogP contribution in [-0.2, 0) is 24.7 Å². The van der Waals surface area contributed by atoms with Crippen molar-refractivity contribution in [1.29, 1.82) is 0 Å². The van der Waals surface area contributed by atoms with E-state index in [0.29, 0.717) is 30.9 Å². The van der Waals surface area contributed by atoms with Crippen LogP contribution in [0.15, 0.2) is 72.5 Å². The van der Waals surface area contributed by atoms with Crippen LogP contribution in [0.5, 0.6) is 5.75 Å². The third-order valence-electron chi connectivity index (χ3n) is 8.37. The van der Waals surface area contributed by atoms with Crippen molar-refractivity contribution in [2.24, 2.45) is 0 Å². The van der Waals surface area contributed by atoms with Gasteiger partial charge in [0.2, 0.25) is 6.29 Å². The van der Waals surface area contributed by atoms with Gasteiger partial charge < -0.3 is 18.9 Å². The topological polar surface area (TPSA) is 54.0 Å². The van der Waals surface area contributed by atoms with E-state index in [0.717, 1.165) is 81.8 Å². The molecule has 3 rings (SSSR count). The first-order valence-electron chi connectivity index (χ1n) is 17.8. The second kappa shape index (κ2) is 21.0. The number of carbonyl (C=O) groups is 1. The average Bonchev–Trinajstić information content (AvgIpc) is 3.06. The first-order chi connectivity index (χ1) is 22.4. The number of carbonyl (C=O) groups excluding carboxylic acids is 1. The predicted octanol–water partition coefficient (Wildman–Crippen LogP) is 11.2. The summed E-state index contributed by atoms with van der Waals surface area (Å²) in [5.41, 5.74) is 0.277. The first kappa shape index (κ1) is 37.5. The Hall–Kier alpha value is -2.96. The van der Waals surface area contributed by atoms with E-state index >= 15 is 4.39 Å². The molecule has 0 radical (unpaired) electrons. The lowest BCUT2D eigenvalue weighted by Crippen LogP contribution is -2.37. The minimum Gasteiger partial charge on any atom is -0.462 e. The fourth-order valence-electron chi connectivity index (χ4n) is 5.70. The number of ether oxygens (including phenoxy) is 4. The smallest absolute Gasteiger partial charge is 0.311 e. The molecule has 6 heteroatoms. The summed E-state index contributed by atoms with van der Waals surface area (Å²) in [4.78, 5) is 12.5. The minimum atomic E-state index is -1.83. The van der Waals surface area contributed by atoms with Gasteiger partial charge in [-0.15, -0.1) is 0 Å². The molecule has 0 aromatic heterocycles. The maximum atomic E-state index is 16.8. The zero-order valence-electron chi connectivity index (χ0n) is 28.7. The number of benzene rings is 2. The van der Waals surface area contributed by atoms with Gasteiger partial charge in [-0.2, -0.15) is 0 Å². The number of esters is 1. The summed E-state index contributed by atoms with van der Waals surface area (Å²) in [6.45, 7) is 9.89. The van der Waals surface area contributed by atoms with E-state index in [9.17, 15) is 4.79 Å². The van der Waals surface area contributed by atoms with Crippen molar-refractivity contribution in [2.75, 3.05) is 13.2 Å². The average molecular weight is 637 g/mol. The van der Waals surface area contributed by atoms with E-state index in [1.54, 1.807) is 12.2 Å². The second-order valence-electron chi connectivity index (χ2n) is 12.3. The van der Waals surface area contributed by atoms with Crippen molar-refractivity contribution in [2.45, 2.75) is 136 Å². The molecule has 3 atom stereocenters. The molecule has 0 aliphatic heterocycles. The Morgan fingerprint density at radius 1 is 0.826 bits per heavy atom. The van der Waals surface area contributed by atoms with Crippen molar-refractivity contribution in [3.8, 4) is 16.9 Å². The van der Waals surface area contributed by atoms with Crippen LogP contribution >= 0.6 is 0 Å². The zero-order valence-corrected chi connectivity index (χ0v) is 28.7. The van der Waals surface area contributed by atoms with Crippen LogP contribution in [0, 0.1) is 0 Å². The highest BCUT2D eigenvalue weighted by molar-refractivity contribution is 5.72. The highest BCUT2D eigenvalue weighted by Crippen LogP contribution is 2.42. The summed E-state index contributed by atoms with van der Waals surface area (Å²) in [6, 6.07) is 15.2. The highest BCUT2D eigenvalue weighted by Gasteiger charge is 2.34. The summed E-state index contributed by atoms with van der Waals surface area (Å²) < 4.78 is 41.4. The van der Waals surface area contributed by atoms with Gasteiger partial charge in [-0.1, -0.05) is 122 Å². The van der Waals surface area contributed by atoms with E-state index < -0.39 is 12.0 Å². The standard InChI is InChI=1S/C40H57FO5/c1-5-9-12-13-14-26-38(42)45-34-23-20-27-40(41,31-34)36-25-16-15-24-35(36)32-21-19-22-33(30-32)46-39(44-29-18-11-7-3)37(8-4)43-28-17-10-6-2/h15-16,19-25,30-31,37,39H,5-14,17-18,26-29H2,1-4H3/t37-,39?,40?/m0/s1. The van der Waals surface area contributed by atoms with Crippen LogP contribution in [0.3, 0.4) is 0 Å². The lowest BCUT2D eigenvalue weighted by atomic mass is 9.84. The van der Waals surface area contributed by atoms with E-state index in [2.05, 4.69) is 27.7 Å². The summed E-state index contributed by atoms with van der Waals surface area (Å²) in [5.74, 6) is 0.580. The monoisotopic (exact) mass is 636 g/mol. The molecule has 1 aliphatic rings. The molecule has 5 nitrogen and oxygen atoms in total. The first-order valence-corrected chi connectivity index (χ1v) is 17.8. The molecular formula is C40H57FO5. The number of allylic oxidation sites excluding steroid dienone is 3. The third kappa shape index (κ3) is 12.3. The van der Waals surface area contributed by atoms with Gasteiger partial charge in [0, 0.05) is 31.1 Å². The number of halogens is 1. The van der Waals surface area contributed by atoms with E-state index in [1.165, 1.54) is 12.5 Å². The van der Waals surface area contributed by atoms with E-state index in [4.69, 9.17) is 18.9 Å². The van der Waals surface area contributed by atoms with Crippen LogP contribution in [0.2, 0.25) is 0 Å². The molecule has 0 saturated carbocycles. The van der Waals surface area contributed by atoms with Crippen molar-refractivity contribution in [3.05, 3.63) is 78.1 Å². The summed E-state index contributed by atoms with van der Waals surface area (Å²) in [5, 5.41) is 0. The summed E-state index contributed by atoms with van der Waals surface area (Å²) >= 11 is 0. The van der Waals surface area contributed by atoms with Crippen LogP contribution < -0.4 is 4.74 Å². The maximum Gasteiger partial charge on any atom is 0.311 e. The van der Waals surface area contributed by atoms with Gasteiger partial charge in [-0.3, -0.25) is 4.79 Å². The Balaban J connectivity index is 1.79. The Kier molecular flexibility index (Phi) is 17.1. The third-order valence-corrected chi connectivity index (χ3v) is 8.37. The van der Waals surface area contributed by atoms with Gasteiger partial charge in [0.1, 0.15) is 17.6 Å². The van der Waals surface area contributed by atoms with Crippen molar-refractivity contribution < 1.29 is 28.1 Å². The largest absolute Gasteiger partial charge is 0.462 e. The van der Waals surface area contributed by atoms with Gasteiger partial charge in [0.15, 0.2) is 5.67 Å². The van der Waals surface area contributed by atoms with Crippen LogP contribution in [0.4, 0.5) is 4.39 Å². The number of unbranched alkanes of at least 4 members (excludes halogenated alkanes) is 8. The molecule has 0 heterocycles. The van der Waals surface area contributed by atoms with Gasteiger partial charge in [0.25, 0.3) is 0 Å². The zero-order chi connectivity index (χ0) is 33.0. The number of hydrogen-bond acceptors (Lipinski definition) is 5. The summed E-state index contributed by atoms with van der Waals surface area (Å²) in [7, 11) is 0. The normalized spacial score (nSPS) is 17.4. The maximum absolute atomic E-state index is 16.8. The molecule has 2 unspecified atom stereocenters. The van der Waals surface area contributed by atoms with Crippen molar-refractivity contribution in [1.82, 2.24) is 0 Å². The van der Waals surface area contributed by atoms with Gasteiger partial charge >= 0.3 is 5.97 Å². The Bertz CT molecular complexity index is 1220. The van der Waals surface area contributed by atoms with Crippen LogP contribution in [-0.4, -0.2) is 31.6 Å². The van der Waals surface area contributed by atoms with Gasteiger partial charge in [0.05, 0.1) is 6.61 Å². The lowest BCUT2D eigenvalue weighted by molar-refractivity contribution is -0.165.